The predicted molar refractivity (Wildman–Crippen MR) is 44.5 cm³/mol. The normalized spacial score (nSPS) is 17.7. The lowest BCUT2D eigenvalue weighted by Crippen LogP contribution is -2.62. The first kappa shape index (κ1) is 20.2. The van der Waals surface area contributed by atoms with Crippen molar-refractivity contribution in [1.29, 1.82) is 0 Å². The van der Waals surface area contributed by atoms with Crippen molar-refractivity contribution in [2.45, 2.75) is 36.8 Å². The molecular formula is C8H8F10O3. The van der Waals surface area contributed by atoms with E-state index in [-0.39, 0.29) is 14.0 Å². The van der Waals surface area contributed by atoms with Gasteiger partial charge in [-0.2, -0.15) is 39.5 Å². The monoisotopic (exact) mass is 342 g/mol. The summed E-state index contributed by atoms with van der Waals surface area (Å²) < 4.78 is 130. The molecule has 21 heavy (non-hydrogen) atoms. The van der Waals surface area contributed by atoms with Crippen LogP contribution in [0.15, 0.2) is 0 Å². The van der Waals surface area contributed by atoms with E-state index in [1.54, 1.807) is 0 Å². The number of halogens is 10. The summed E-state index contributed by atoms with van der Waals surface area (Å²) in [6.45, 7) is -3.21. The molecule has 1 atom stereocenters. The van der Waals surface area contributed by atoms with E-state index in [4.69, 9.17) is 0 Å². The maximum atomic E-state index is 13.3. The number of rotatable bonds is 7. The number of alkyl halides is 9. The van der Waals surface area contributed by atoms with Crippen LogP contribution in [0.4, 0.5) is 44.0 Å². The minimum Gasteiger partial charge on any atom is -0.362 e. The first-order valence-electron chi connectivity index (χ1n) is 4.77. The van der Waals surface area contributed by atoms with Crippen LogP contribution in [0.2, 0.25) is 0 Å². The Morgan fingerprint density at radius 3 is 1.52 bits per heavy atom. The predicted octanol–water partition coefficient (Wildman–Crippen LogP) is 3.69. The first-order valence-corrected chi connectivity index (χ1v) is 4.77. The fourth-order valence-electron chi connectivity index (χ4n) is 0.881. The van der Waals surface area contributed by atoms with Crippen LogP contribution in [0.25, 0.3) is 0 Å². The van der Waals surface area contributed by atoms with E-state index in [1.807, 2.05) is 4.94 Å². The van der Waals surface area contributed by atoms with Gasteiger partial charge in [-0.1, -0.05) is 0 Å². The third-order valence-electron chi connectivity index (χ3n) is 2.47. The van der Waals surface area contributed by atoms with Gasteiger partial charge in [0, 0.05) is 7.11 Å². The third-order valence-corrected chi connectivity index (χ3v) is 2.47. The molecule has 0 aliphatic heterocycles. The summed E-state index contributed by atoms with van der Waals surface area (Å²) >= 11 is 0. The Balaban J connectivity index is 5.30. The van der Waals surface area contributed by atoms with E-state index in [9.17, 15) is 44.0 Å². The van der Waals surface area contributed by atoms with Crippen molar-refractivity contribution in [3.63, 3.8) is 0 Å². The van der Waals surface area contributed by atoms with E-state index in [0.717, 1.165) is 0 Å². The van der Waals surface area contributed by atoms with Gasteiger partial charge in [-0.25, -0.2) is 0 Å². The summed E-state index contributed by atoms with van der Waals surface area (Å²) in [7, 11) is 0.187. The average Bonchev–Trinajstić information content (AvgIpc) is 2.33. The minimum atomic E-state index is -6.26. The standard InChI is InChI=1S/C8H8F10O3/c1-4(19-2,8(16,17)21-18)7(14,15)20-3-5(9,10)6(11,12)13/h3H2,1-2H3. The zero-order valence-electron chi connectivity index (χ0n) is 10.2. The van der Waals surface area contributed by atoms with Crippen molar-refractivity contribution < 1.29 is 58.5 Å². The van der Waals surface area contributed by atoms with E-state index < -0.39 is 36.5 Å². The Morgan fingerprint density at radius 1 is 0.810 bits per heavy atom. The van der Waals surface area contributed by atoms with Gasteiger partial charge in [-0.05, 0) is 11.4 Å². The lowest BCUT2D eigenvalue weighted by atomic mass is 10.0. The molecule has 0 aromatic rings. The molecule has 3 nitrogen and oxygen atoms in total. The molecule has 13 heteroatoms. The molecule has 0 saturated heterocycles. The highest BCUT2D eigenvalue weighted by molar-refractivity contribution is 4.93. The van der Waals surface area contributed by atoms with Crippen LogP contribution in [0.3, 0.4) is 0 Å². The van der Waals surface area contributed by atoms with Crippen molar-refractivity contribution in [2.75, 3.05) is 13.7 Å². The highest BCUT2D eigenvalue weighted by Crippen LogP contribution is 2.46. The Morgan fingerprint density at radius 2 is 1.24 bits per heavy atom. The molecule has 0 radical (unpaired) electrons. The van der Waals surface area contributed by atoms with Crippen LogP contribution in [0.5, 0.6) is 0 Å². The van der Waals surface area contributed by atoms with E-state index >= 15 is 0 Å². The molecule has 0 bridgehead atoms. The average molecular weight is 342 g/mol. The van der Waals surface area contributed by atoms with E-state index in [0.29, 0.717) is 0 Å². The van der Waals surface area contributed by atoms with Gasteiger partial charge < -0.3 is 9.47 Å². The highest BCUT2D eigenvalue weighted by atomic mass is 19.4. The summed E-state index contributed by atoms with van der Waals surface area (Å²) in [5, 5.41) is 0. The van der Waals surface area contributed by atoms with Crippen molar-refractivity contribution in [2.24, 2.45) is 0 Å². The van der Waals surface area contributed by atoms with E-state index in [1.165, 1.54) is 0 Å². The molecule has 0 heterocycles. The smallest absolute Gasteiger partial charge is 0.362 e. The molecule has 0 saturated carbocycles. The summed E-state index contributed by atoms with van der Waals surface area (Å²) in [5.41, 5.74) is -4.31. The number of methoxy groups -OCH3 is 1. The van der Waals surface area contributed by atoms with Crippen LogP contribution in [0.1, 0.15) is 6.92 Å². The molecule has 128 valence electrons. The van der Waals surface area contributed by atoms with Gasteiger partial charge in [0.2, 0.25) is 5.60 Å². The molecule has 0 amide bonds. The Hall–Kier alpha value is -0.820. The molecule has 0 aliphatic rings. The highest BCUT2D eigenvalue weighted by Gasteiger charge is 2.71. The van der Waals surface area contributed by atoms with Crippen LogP contribution in [-0.2, 0) is 14.4 Å². The quantitative estimate of drug-likeness (QED) is 0.661. The maximum Gasteiger partial charge on any atom is 0.455 e. The van der Waals surface area contributed by atoms with Crippen molar-refractivity contribution >= 4 is 0 Å². The number of ether oxygens (including phenoxy) is 2. The molecule has 1 unspecified atom stereocenters. The summed E-state index contributed by atoms with van der Waals surface area (Å²) in [5.74, 6) is -5.75. The topological polar surface area (TPSA) is 27.7 Å². The number of hydrogen-bond acceptors (Lipinski definition) is 3. The summed E-state index contributed by atoms with van der Waals surface area (Å²) in [6.07, 6.45) is -17.1. The Kier molecular flexibility index (Phi) is 5.53. The van der Waals surface area contributed by atoms with Crippen LogP contribution >= 0.6 is 0 Å². The second kappa shape index (κ2) is 5.76. The first-order chi connectivity index (χ1) is 9.08. The number of hydrogen-bond donors (Lipinski definition) is 0. The zero-order valence-corrected chi connectivity index (χ0v) is 10.2. The fourth-order valence-corrected chi connectivity index (χ4v) is 0.881. The SMILES string of the molecule is COC(C)(C(F)(F)OF)C(F)(F)OCC(F)(F)C(F)(F)F. The second-order valence-corrected chi connectivity index (χ2v) is 3.84. The Labute approximate surface area is 110 Å². The van der Waals surface area contributed by atoms with Gasteiger partial charge in [0.05, 0.1) is 0 Å². The molecule has 0 rings (SSSR count). The van der Waals surface area contributed by atoms with Crippen LogP contribution < -0.4 is 0 Å². The lowest BCUT2D eigenvalue weighted by Gasteiger charge is -2.38. The summed E-state index contributed by atoms with van der Waals surface area (Å²) in [6, 6.07) is 0. The minimum absolute atomic E-state index is 0.187. The second-order valence-electron chi connectivity index (χ2n) is 3.84. The van der Waals surface area contributed by atoms with Gasteiger partial charge in [0.1, 0.15) is 6.61 Å². The maximum absolute atomic E-state index is 13.3. The fraction of sp³-hybridized carbons (Fsp3) is 1.00. The van der Waals surface area contributed by atoms with Crippen molar-refractivity contribution in [3.05, 3.63) is 0 Å². The van der Waals surface area contributed by atoms with Gasteiger partial charge in [0.15, 0.2) is 0 Å². The van der Waals surface area contributed by atoms with Gasteiger partial charge in [0.25, 0.3) is 0 Å². The largest absolute Gasteiger partial charge is 0.455 e. The molecule has 0 N–H and O–H groups in total. The molecule has 0 fully saturated rings. The van der Waals surface area contributed by atoms with Crippen molar-refractivity contribution in [1.82, 2.24) is 0 Å². The summed E-state index contributed by atoms with van der Waals surface area (Å²) in [4.78, 5) is 1.95. The molecule has 0 aromatic carbocycles. The lowest BCUT2D eigenvalue weighted by molar-refractivity contribution is -0.476. The molecule has 0 aromatic heterocycles. The van der Waals surface area contributed by atoms with Crippen LogP contribution in [-0.4, -0.2) is 43.6 Å². The molecule has 0 spiro atoms. The van der Waals surface area contributed by atoms with E-state index in [2.05, 4.69) is 9.47 Å². The van der Waals surface area contributed by atoms with Gasteiger partial charge in [-0.15, -0.1) is 4.94 Å². The molecular weight excluding hydrogens is 334 g/mol. The third kappa shape index (κ3) is 3.69. The van der Waals surface area contributed by atoms with Gasteiger partial charge in [-0.3, -0.25) is 0 Å². The molecule has 0 aliphatic carbocycles. The van der Waals surface area contributed by atoms with Gasteiger partial charge >= 0.3 is 24.3 Å². The van der Waals surface area contributed by atoms with Crippen LogP contribution in [0, 0.1) is 0 Å². The van der Waals surface area contributed by atoms with Crippen molar-refractivity contribution in [3.8, 4) is 0 Å². The zero-order chi connectivity index (χ0) is 17.3. The Bertz CT molecular complexity index is 355.